The second-order valence-corrected chi connectivity index (χ2v) is 7.20. The van der Waals surface area contributed by atoms with Gasteiger partial charge in [-0.05, 0) is 37.8 Å². The molecule has 0 bridgehead atoms. The van der Waals surface area contributed by atoms with E-state index in [0.29, 0.717) is 18.7 Å². The van der Waals surface area contributed by atoms with Crippen molar-refractivity contribution in [1.82, 2.24) is 9.71 Å². The molecule has 2 fully saturated rings. The molecule has 114 valence electrons. The zero-order valence-electron chi connectivity index (χ0n) is 11.3. The van der Waals surface area contributed by atoms with Gasteiger partial charge in [-0.3, -0.25) is 4.79 Å². The number of amides is 1. The van der Waals surface area contributed by atoms with Gasteiger partial charge < -0.3 is 10.4 Å². The summed E-state index contributed by atoms with van der Waals surface area (Å²) in [6.07, 6.45) is 2.42. The predicted octanol–water partition coefficient (Wildman–Crippen LogP) is 0.232. The fourth-order valence-electron chi connectivity index (χ4n) is 2.17. The third-order valence-electron chi connectivity index (χ3n) is 3.65. The molecule has 0 unspecified atom stereocenters. The van der Waals surface area contributed by atoms with Crippen molar-refractivity contribution in [1.29, 1.82) is 0 Å². The number of anilines is 1. The molecule has 3 rings (SSSR count). The lowest BCUT2D eigenvalue weighted by Crippen LogP contribution is -2.39. The lowest BCUT2D eigenvalue weighted by molar-refractivity contribution is -0.120. The maximum Gasteiger partial charge on any atom is 0.281 e. The number of sulfonamides is 1. The van der Waals surface area contributed by atoms with Gasteiger partial charge >= 0.3 is 0 Å². The Labute approximate surface area is 122 Å². The molecule has 3 N–H and O–H groups in total. The van der Waals surface area contributed by atoms with Crippen molar-refractivity contribution in [2.45, 2.75) is 42.9 Å². The van der Waals surface area contributed by atoms with Crippen LogP contribution >= 0.6 is 0 Å². The first kappa shape index (κ1) is 14.3. The van der Waals surface area contributed by atoms with E-state index in [9.17, 15) is 18.3 Å². The van der Waals surface area contributed by atoms with Crippen LogP contribution in [-0.2, 0) is 14.8 Å². The molecular formula is C13H17N3O4S. The number of carbonyl (C=O) groups excluding carboxylic acids is 1. The highest BCUT2D eigenvalue weighted by molar-refractivity contribution is 7.90. The van der Waals surface area contributed by atoms with E-state index in [1.807, 2.05) is 0 Å². The van der Waals surface area contributed by atoms with Crippen molar-refractivity contribution in [2.75, 3.05) is 5.32 Å². The molecule has 0 atom stereocenters. The zero-order chi connectivity index (χ0) is 15.0. The molecule has 0 radical (unpaired) electrons. The topological polar surface area (TPSA) is 108 Å². The lowest BCUT2D eigenvalue weighted by atomic mass is 9.89. The van der Waals surface area contributed by atoms with Gasteiger partial charge in [0.15, 0.2) is 5.03 Å². The number of aromatic nitrogens is 1. The van der Waals surface area contributed by atoms with E-state index in [2.05, 4.69) is 15.0 Å². The Morgan fingerprint density at radius 1 is 1.29 bits per heavy atom. The summed E-state index contributed by atoms with van der Waals surface area (Å²) < 4.78 is 26.2. The van der Waals surface area contributed by atoms with Gasteiger partial charge in [0, 0.05) is 12.0 Å². The molecule has 2 aliphatic rings. The Morgan fingerprint density at radius 2 is 2.00 bits per heavy atom. The number of hydrogen-bond acceptors (Lipinski definition) is 6. The summed E-state index contributed by atoms with van der Waals surface area (Å²) in [6.45, 7) is 0. The lowest BCUT2D eigenvalue weighted by Gasteiger charge is -2.32. The molecule has 1 aromatic heterocycles. The number of pyridine rings is 1. The number of hydrogen-bond donors (Lipinski definition) is 3. The Balaban J connectivity index is 1.70. The number of nitrogens with zero attached hydrogens (tertiary/aromatic N) is 1. The summed E-state index contributed by atoms with van der Waals surface area (Å²) in [7, 11) is -3.92. The minimum Gasteiger partial charge on any atom is -0.393 e. The van der Waals surface area contributed by atoms with Gasteiger partial charge in [0.2, 0.25) is 5.91 Å². The minimum absolute atomic E-state index is 0.103. The first-order chi connectivity index (χ1) is 9.94. The van der Waals surface area contributed by atoms with E-state index in [4.69, 9.17) is 0 Å². The highest BCUT2D eigenvalue weighted by Crippen LogP contribution is 2.29. The summed E-state index contributed by atoms with van der Waals surface area (Å²) in [5.41, 5.74) is 0. The maximum atomic E-state index is 12.1. The Bertz CT molecular complexity index is 651. The minimum atomic E-state index is -3.92. The molecule has 1 heterocycles. The smallest absolute Gasteiger partial charge is 0.281 e. The normalized spacial score (nSPS) is 25.0. The van der Waals surface area contributed by atoms with Crippen LogP contribution < -0.4 is 10.0 Å². The van der Waals surface area contributed by atoms with Crippen molar-refractivity contribution in [2.24, 2.45) is 5.92 Å². The van der Waals surface area contributed by atoms with Crippen LogP contribution in [0.2, 0.25) is 0 Å². The van der Waals surface area contributed by atoms with E-state index in [1.54, 1.807) is 12.1 Å². The van der Waals surface area contributed by atoms with Gasteiger partial charge in [-0.15, -0.1) is 0 Å². The van der Waals surface area contributed by atoms with Crippen LogP contribution in [-0.4, -0.2) is 36.6 Å². The van der Waals surface area contributed by atoms with E-state index in [0.717, 1.165) is 12.8 Å². The summed E-state index contributed by atoms with van der Waals surface area (Å²) in [5.74, 6) is -0.219. The van der Waals surface area contributed by atoms with Crippen LogP contribution in [0, 0.1) is 5.92 Å². The molecule has 0 saturated heterocycles. The first-order valence-corrected chi connectivity index (χ1v) is 8.41. The Hall–Kier alpha value is -1.67. The fourth-order valence-corrected chi connectivity index (χ4v) is 3.19. The summed E-state index contributed by atoms with van der Waals surface area (Å²) in [5, 5.41) is 12.1. The SMILES string of the molecule is O=C(NS(=O)(=O)c1cccc(N[C@H]2C[C@H](O)C2)n1)C1CC1. The first-order valence-electron chi connectivity index (χ1n) is 6.92. The van der Waals surface area contributed by atoms with Crippen LogP contribution in [0.25, 0.3) is 0 Å². The van der Waals surface area contributed by atoms with Crippen LogP contribution in [0.4, 0.5) is 5.82 Å². The van der Waals surface area contributed by atoms with E-state index >= 15 is 0 Å². The average Bonchev–Trinajstić information content (AvgIpc) is 3.21. The predicted molar refractivity (Wildman–Crippen MR) is 74.9 cm³/mol. The van der Waals surface area contributed by atoms with Gasteiger partial charge in [0.1, 0.15) is 5.82 Å². The van der Waals surface area contributed by atoms with Crippen molar-refractivity contribution < 1.29 is 18.3 Å². The third-order valence-corrected chi connectivity index (χ3v) is 4.90. The largest absolute Gasteiger partial charge is 0.393 e. The average molecular weight is 311 g/mol. The second-order valence-electron chi connectivity index (χ2n) is 5.57. The quantitative estimate of drug-likeness (QED) is 0.718. The molecule has 0 aromatic carbocycles. The molecule has 2 aliphatic carbocycles. The van der Waals surface area contributed by atoms with E-state index in [1.165, 1.54) is 6.07 Å². The standard InChI is InChI=1S/C13H17N3O4S/c17-10-6-9(7-10)14-11-2-1-3-12(15-11)21(19,20)16-13(18)8-4-5-8/h1-3,8-10,17H,4-7H2,(H,14,15)(H,16,18)/t9-,10-. The summed E-state index contributed by atoms with van der Waals surface area (Å²) in [6, 6.07) is 4.68. The van der Waals surface area contributed by atoms with E-state index in [-0.39, 0.29) is 23.1 Å². The highest BCUT2D eigenvalue weighted by atomic mass is 32.2. The van der Waals surface area contributed by atoms with Crippen molar-refractivity contribution in [3.63, 3.8) is 0 Å². The van der Waals surface area contributed by atoms with Crippen LogP contribution in [0.15, 0.2) is 23.2 Å². The number of aliphatic hydroxyl groups is 1. The molecule has 0 aliphatic heterocycles. The molecule has 7 nitrogen and oxygen atoms in total. The second kappa shape index (κ2) is 5.27. The van der Waals surface area contributed by atoms with Crippen LogP contribution in [0.1, 0.15) is 25.7 Å². The van der Waals surface area contributed by atoms with Gasteiger partial charge in [-0.25, -0.2) is 9.71 Å². The molecule has 21 heavy (non-hydrogen) atoms. The molecule has 1 aromatic rings. The summed E-state index contributed by atoms with van der Waals surface area (Å²) in [4.78, 5) is 15.6. The monoisotopic (exact) mass is 311 g/mol. The number of nitrogens with one attached hydrogen (secondary N) is 2. The fraction of sp³-hybridized carbons (Fsp3) is 0.538. The van der Waals surface area contributed by atoms with Gasteiger partial charge in [0.05, 0.1) is 6.10 Å². The zero-order valence-corrected chi connectivity index (χ0v) is 12.1. The van der Waals surface area contributed by atoms with Crippen LogP contribution in [0.3, 0.4) is 0 Å². The Kier molecular flexibility index (Phi) is 3.58. The van der Waals surface area contributed by atoms with Gasteiger partial charge in [-0.1, -0.05) is 6.07 Å². The molecule has 1 amide bonds. The van der Waals surface area contributed by atoms with Crippen molar-refractivity contribution >= 4 is 21.7 Å². The third kappa shape index (κ3) is 3.33. The van der Waals surface area contributed by atoms with Gasteiger partial charge in [-0.2, -0.15) is 8.42 Å². The molecule has 2 saturated carbocycles. The van der Waals surface area contributed by atoms with Crippen molar-refractivity contribution in [3.8, 4) is 0 Å². The Morgan fingerprint density at radius 3 is 2.62 bits per heavy atom. The number of aliphatic hydroxyl groups excluding tert-OH is 1. The number of carbonyl (C=O) groups is 1. The molecule has 0 spiro atoms. The van der Waals surface area contributed by atoms with Crippen LogP contribution in [0.5, 0.6) is 0 Å². The summed E-state index contributed by atoms with van der Waals surface area (Å²) >= 11 is 0. The maximum absolute atomic E-state index is 12.1. The molecular weight excluding hydrogens is 294 g/mol. The highest BCUT2D eigenvalue weighted by Gasteiger charge is 2.33. The van der Waals surface area contributed by atoms with E-state index < -0.39 is 15.9 Å². The van der Waals surface area contributed by atoms with Gasteiger partial charge in [0.25, 0.3) is 10.0 Å². The van der Waals surface area contributed by atoms with Crippen molar-refractivity contribution in [3.05, 3.63) is 18.2 Å². The number of rotatable bonds is 5. The molecule has 8 heteroatoms.